The molecule has 1 atom stereocenters. The van der Waals surface area contributed by atoms with Crippen molar-refractivity contribution >= 4 is 11.3 Å². The molecule has 0 bridgehead atoms. The van der Waals surface area contributed by atoms with Crippen molar-refractivity contribution in [1.82, 2.24) is 4.98 Å². The highest BCUT2D eigenvalue weighted by Crippen LogP contribution is 2.39. The quantitative estimate of drug-likeness (QED) is 0.825. The minimum absolute atomic E-state index is 0.111. The second-order valence-corrected chi connectivity index (χ2v) is 7.56. The molecular formula is C16H26N2S. The molecule has 0 amide bonds. The van der Waals surface area contributed by atoms with Gasteiger partial charge in [-0.15, -0.1) is 11.3 Å². The van der Waals surface area contributed by atoms with Gasteiger partial charge in [-0.25, -0.2) is 4.98 Å². The van der Waals surface area contributed by atoms with Crippen LogP contribution in [0.25, 0.3) is 0 Å². The lowest BCUT2D eigenvalue weighted by Gasteiger charge is -2.25. The van der Waals surface area contributed by atoms with Crippen molar-refractivity contribution in [3.8, 4) is 0 Å². The summed E-state index contributed by atoms with van der Waals surface area (Å²) in [6.07, 6.45) is 12.6. The van der Waals surface area contributed by atoms with Crippen molar-refractivity contribution < 1.29 is 0 Å². The number of hydrogen-bond donors (Lipinski definition) is 1. The SMILES string of the molecule is CCC1CCc2nc(C3(N)CCCCCC3)sc2C1. The van der Waals surface area contributed by atoms with E-state index in [2.05, 4.69) is 6.92 Å². The number of aromatic nitrogens is 1. The van der Waals surface area contributed by atoms with Crippen molar-refractivity contribution in [3.63, 3.8) is 0 Å². The normalized spacial score (nSPS) is 26.7. The van der Waals surface area contributed by atoms with Crippen LogP contribution in [0, 0.1) is 5.92 Å². The summed E-state index contributed by atoms with van der Waals surface area (Å²) in [5, 5.41) is 1.25. The zero-order valence-electron chi connectivity index (χ0n) is 12.1. The van der Waals surface area contributed by atoms with Crippen LogP contribution in [-0.4, -0.2) is 4.98 Å². The number of fused-ring (bicyclic) bond motifs is 1. The molecule has 1 aromatic rings. The van der Waals surface area contributed by atoms with Gasteiger partial charge >= 0.3 is 0 Å². The molecule has 0 saturated heterocycles. The monoisotopic (exact) mass is 278 g/mol. The fourth-order valence-corrected chi connectivity index (χ4v) is 4.96. The van der Waals surface area contributed by atoms with Gasteiger partial charge in [-0.05, 0) is 38.0 Å². The maximum atomic E-state index is 6.71. The summed E-state index contributed by atoms with van der Waals surface area (Å²) >= 11 is 1.93. The minimum Gasteiger partial charge on any atom is -0.319 e. The lowest BCUT2D eigenvalue weighted by atomic mass is 9.89. The van der Waals surface area contributed by atoms with E-state index in [0.29, 0.717) is 0 Å². The summed E-state index contributed by atoms with van der Waals surface area (Å²) in [7, 11) is 0. The van der Waals surface area contributed by atoms with Crippen LogP contribution in [0.2, 0.25) is 0 Å². The lowest BCUT2D eigenvalue weighted by Crippen LogP contribution is -2.35. The number of nitrogens with zero attached hydrogens (tertiary/aromatic N) is 1. The number of nitrogens with two attached hydrogens (primary N) is 1. The zero-order chi connectivity index (χ0) is 13.3. The van der Waals surface area contributed by atoms with Gasteiger partial charge in [-0.1, -0.05) is 39.0 Å². The predicted molar refractivity (Wildman–Crippen MR) is 81.5 cm³/mol. The fraction of sp³-hybridized carbons (Fsp3) is 0.812. The summed E-state index contributed by atoms with van der Waals surface area (Å²) in [5.41, 5.74) is 7.97. The molecule has 2 N–H and O–H groups in total. The first-order valence-electron chi connectivity index (χ1n) is 7.99. The molecule has 0 aromatic carbocycles. The van der Waals surface area contributed by atoms with Crippen LogP contribution in [0.15, 0.2) is 0 Å². The molecule has 106 valence electrons. The first-order valence-corrected chi connectivity index (χ1v) is 8.81. The van der Waals surface area contributed by atoms with E-state index in [1.54, 1.807) is 4.88 Å². The molecule has 0 aliphatic heterocycles. The smallest absolute Gasteiger partial charge is 0.113 e. The summed E-state index contributed by atoms with van der Waals surface area (Å²) in [6.45, 7) is 2.31. The Morgan fingerprint density at radius 1 is 1.26 bits per heavy atom. The van der Waals surface area contributed by atoms with Gasteiger partial charge < -0.3 is 5.73 Å². The first kappa shape index (κ1) is 13.6. The van der Waals surface area contributed by atoms with Gasteiger partial charge in [0.05, 0.1) is 11.2 Å². The number of thiazole rings is 1. The van der Waals surface area contributed by atoms with E-state index in [1.807, 2.05) is 11.3 Å². The van der Waals surface area contributed by atoms with Crippen LogP contribution in [0.5, 0.6) is 0 Å². The van der Waals surface area contributed by atoms with Crippen LogP contribution in [0.3, 0.4) is 0 Å². The molecule has 2 nitrogen and oxygen atoms in total. The predicted octanol–water partition coefficient (Wildman–Crippen LogP) is 4.17. The van der Waals surface area contributed by atoms with E-state index in [9.17, 15) is 0 Å². The molecule has 2 aliphatic carbocycles. The second-order valence-electron chi connectivity index (χ2n) is 6.48. The average Bonchev–Trinajstić information content (AvgIpc) is 2.74. The molecule has 1 aromatic heterocycles. The Bertz CT molecular complexity index is 430. The maximum absolute atomic E-state index is 6.71. The van der Waals surface area contributed by atoms with E-state index in [-0.39, 0.29) is 5.54 Å². The van der Waals surface area contributed by atoms with Crippen molar-refractivity contribution in [3.05, 3.63) is 15.6 Å². The molecular weight excluding hydrogens is 252 g/mol. The maximum Gasteiger partial charge on any atom is 0.113 e. The summed E-state index contributed by atoms with van der Waals surface area (Å²) in [4.78, 5) is 6.49. The van der Waals surface area contributed by atoms with E-state index in [1.165, 1.54) is 62.1 Å². The number of aryl methyl sites for hydroxylation is 1. The van der Waals surface area contributed by atoms with Crippen LogP contribution in [0.4, 0.5) is 0 Å². The third kappa shape index (κ3) is 2.73. The topological polar surface area (TPSA) is 38.9 Å². The van der Waals surface area contributed by atoms with Crippen molar-refractivity contribution in [2.24, 2.45) is 11.7 Å². The minimum atomic E-state index is -0.111. The van der Waals surface area contributed by atoms with Crippen LogP contribution in [0.1, 0.15) is 73.9 Å². The summed E-state index contributed by atoms with van der Waals surface area (Å²) < 4.78 is 0. The van der Waals surface area contributed by atoms with Crippen LogP contribution in [-0.2, 0) is 18.4 Å². The molecule has 3 heteroatoms. The number of hydrogen-bond acceptors (Lipinski definition) is 3. The highest BCUT2D eigenvalue weighted by atomic mass is 32.1. The van der Waals surface area contributed by atoms with Gasteiger partial charge in [0.2, 0.25) is 0 Å². The Hall–Kier alpha value is -0.410. The van der Waals surface area contributed by atoms with Gasteiger partial charge in [0.15, 0.2) is 0 Å². The van der Waals surface area contributed by atoms with Crippen molar-refractivity contribution in [2.45, 2.75) is 76.7 Å². The molecule has 2 aliphatic rings. The molecule has 1 heterocycles. The van der Waals surface area contributed by atoms with E-state index in [0.717, 1.165) is 18.8 Å². The first-order chi connectivity index (χ1) is 9.21. The summed E-state index contributed by atoms with van der Waals surface area (Å²) in [5.74, 6) is 0.878. The van der Waals surface area contributed by atoms with Gasteiger partial charge in [-0.2, -0.15) is 0 Å². The molecule has 3 rings (SSSR count). The highest BCUT2D eigenvalue weighted by Gasteiger charge is 2.33. The van der Waals surface area contributed by atoms with E-state index < -0.39 is 0 Å². The van der Waals surface area contributed by atoms with E-state index in [4.69, 9.17) is 10.7 Å². The van der Waals surface area contributed by atoms with Crippen molar-refractivity contribution in [2.75, 3.05) is 0 Å². The Morgan fingerprint density at radius 2 is 2.00 bits per heavy atom. The third-order valence-corrected chi connectivity index (χ3v) is 6.38. The van der Waals surface area contributed by atoms with E-state index >= 15 is 0 Å². The lowest BCUT2D eigenvalue weighted by molar-refractivity contribution is 0.382. The average molecular weight is 278 g/mol. The van der Waals surface area contributed by atoms with Crippen LogP contribution >= 0.6 is 11.3 Å². The number of rotatable bonds is 2. The third-order valence-electron chi connectivity index (χ3n) is 5.04. The molecule has 0 spiro atoms. The zero-order valence-corrected chi connectivity index (χ0v) is 12.9. The molecule has 1 fully saturated rings. The molecule has 19 heavy (non-hydrogen) atoms. The standard InChI is InChI=1S/C16H26N2S/c1-2-12-7-8-13-14(11-12)19-15(18-13)16(17)9-5-3-4-6-10-16/h12H,2-11,17H2,1H3. The molecule has 0 radical (unpaired) electrons. The van der Waals surface area contributed by atoms with Gasteiger partial charge in [0.1, 0.15) is 5.01 Å². The Balaban J connectivity index is 1.84. The molecule has 1 saturated carbocycles. The van der Waals surface area contributed by atoms with Crippen molar-refractivity contribution in [1.29, 1.82) is 0 Å². The van der Waals surface area contributed by atoms with Gasteiger partial charge in [-0.3, -0.25) is 0 Å². The van der Waals surface area contributed by atoms with Crippen LogP contribution < -0.4 is 5.73 Å². The second kappa shape index (κ2) is 5.53. The van der Waals surface area contributed by atoms with Gasteiger partial charge in [0, 0.05) is 4.88 Å². The largest absolute Gasteiger partial charge is 0.319 e. The van der Waals surface area contributed by atoms with Gasteiger partial charge in [0.25, 0.3) is 0 Å². The highest BCUT2D eigenvalue weighted by molar-refractivity contribution is 7.11. The Labute approximate surface area is 120 Å². The summed E-state index contributed by atoms with van der Waals surface area (Å²) in [6, 6.07) is 0. The molecule has 1 unspecified atom stereocenters. The Kier molecular flexibility index (Phi) is 3.95. The Morgan fingerprint density at radius 3 is 2.68 bits per heavy atom. The fourth-order valence-electron chi connectivity index (χ4n) is 3.58.